The molecule has 3 heteroatoms. The fourth-order valence-corrected chi connectivity index (χ4v) is 3.18. The number of amides is 1. The van der Waals surface area contributed by atoms with Gasteiger partial charge < -0.3 is 4.90 Å². The van der Waals surface area contributed by atoms with Crippen LogP contribution in [0.5, 0.6) is 0 Å². The molecule has 98 valence electrons. The van der Waals surface area contributed by atoms with Crippen molar-refractivity contribution >= 4 is 17.4 Å². The number of carbonyl (C=O) groups is 2. The van der Waals surface area contributed by atoms with Gasteiger partial charge in [0.15, 0.2) is 0 Å². The Kier molecular flexibility index (Phi) is 2.30. The quantitative estimate of drug-likeness (QED) is 0.781. The molecule has 2 aromatic carbocycles. The normalized spacial score (nSPS) is 19.6. The summed E-state index contributed by atoms with van der Waals surface area (Å²) in [6, 6.07) is 15.5. The molecule has 1 aliphatic carbocycles. The summed E-state index contributed by atoms with van der Waals surface area (Å²) in [4.78, 5) is 25.7. The van der Waals surface area contributed by atoms with Gasteiger partial charge in [-0.1, -0.05) is 36.4 Å². The molecule has 0 aromatic heterocycles. The Hall–Kier alpha value is -2.42. The number of hydrogen-bond acceptors (Lipinski definition) is 2. The Balaban J connectivity index is 1.65. The lowest BCUT2D eigenvalue weighted by molar-refractivity contribution is -0.114. The lowest BCUT2D eigenvalue weighted by Gasteiger charge is -2.33. The lowest BCUT2D eigenvalue weighted by atomic mass is 9.77. The molecule has 0 fully saturated rings. The number of fused-ring (bicyclic) bond motifs is 2. The van der Waals surface area contributed by atoms with Crippen LogP contribution >= 0.6 is 0 Å². The maximum atomic E-state index is 12.1. The van der Waals surface area contributed by atoms with Crippen LogP contribution in [0.25, 0.3) is 0 Å². The van der Waals surface area contributed by atoms with Crippen molar-refractivity contribution in [3.05, 3.63) is 65.2 Å². The first kappa shape index (κ1) is 11.4. The van der Waals surface area contributed by atoms with Gasteiger partial charge >= 0.3 is 0 Å². The Morgan fingerprint density at radius 1 is 1.00 bits per heavy atom. The summed E-state index contributed by atoms with van der Waals surface area (Å²) in [7, 11) is 0. The van der Waals surface area contributed by atoms with Crippen molar-refractivity contribution in [2.24, 2.45) is 0 Å². The summed E-state index contributed by atoms with van der Waals surface area (Å²) in [5.41, 5.74) is 3.94. The second-order valence-electron chi connectivity index (χ2n) is 5.36. The maximum Gasteiger partial charge on any atom is 0.299 e. The molecular formula is C17H13NO2. The van der Waals surface area contributed by atoms with E-state index in [4.69, 9.17) is 0 Å². The molecule has 0 bridgehead atoms. The third-order valence-corrected chi connectivity index (χ3v) is 4.24. The average Bonchev–Trinajstić information content (AvgIpc) is 2.70. The first-order chi connectivity index (χ1) is 9.75. The van der Waals surface area contributed by atoms with Gasteiger partial charge in [0.2, 0.25) is 0 Å². The summed E-state index contributed by atoms with van der Waals surface area (Å²) in [5, 5.41) is 0. The van der Waals surface area contributed by atoms with E-state index in [2.05, 4.69) is 12.1 Å². The van der Waals surface area contributed by atoms with E-state index in [1.807, 2.05) is 24.3 Å². The zero-order valence-electron chi connectivity index (χ0n) is 10.9. The molecule has 1 amide bonds. The van der Waals surface area contributed by atoms with E-state index in [-0.39, 0.29) is 5.78 Å². The highest BCUT2D eigenvalue weighted by Crippen LogP contribution is 2.38. The van der Waals surface area contributed by atoms with Gasteiger partial charge in [0.05, 0.1) is 11.3 Å². The van der Waals surface area contributed by atoms with E-state index in [1.54, 1.807) is 17.0 Å². The summed E-state index contributed by atoms with van der Waals surface area (Å²) < 4.78 is 0. The minimum absolute atomic E-state index is 0.342. The summed E-state index contributed by atoms with van der Waals surface area (Å²) in [5.74, 6) is -0.433. The molecule has 20 heavy (non-hydrogen) atoms. The van der Waals surface area contributed by atoms with Crippen molar-refractivity contribution in [3.63, 3.8) is 0 Å². The van der Waals surface area contributed by atoms with Crippen LogP contribution in [0, 0.1) is 0 Å². The third kappa shape index (κ3) is 1.46. The SMILES string of the molecule is O=C1C(=O)N(CC2Cc3ccccc32)c2ccccc21. The van der Waals surface area contributed by atoms with Crippen molar-refractivity contribution in [2.75, 3.05) is 11.4 Å². The number of ketones is 1. The van der Waals surface area contributed by atoms with Crippen LogP contribution in [0.4, 0.5) is 5.69 Å². The van der Waals surface area contributed by atoms with Gasteiger partial charge in [-0.3, -0.25) is 9.59 Å². The standard InChI is InChI=1S/C17H13NO2/c19-16-14-7-3-4-8-15(14)18(17(16)20)10-12-9-11-5-1-2-6-13(11)12/h1-8,12H,9-10H2. The van der Waals surface area contributed by atoms with Crippen LogP contribution in [0.1, 0.15) is 27.4 Å². The minimum atomic E-state index is -0.393. The Bertz CT molecular complexity index is 735. The van der Waals surface area contributed by atoms with Crippen LogP contribution < -0.4 is 4.90 Å². The zero-order chi connectivity index (χ0) is 13.7. The molecule has 1 unspecified atom stereocenters. The highest BCUT2D eigenvalue weighted by atomic mass is 16.2. The molecule has 2 aromatic rings. The number of carbonyl (C=O) groups excluding carboxylic acids is 2. The number of Topliss-reactive ketones (excluding diaryl/α,β-unsaturated/α-hetero) is 1. The monoisotopic (exact) mass is 263 g/mol. The molecule has 1 aliphatic heterocycles. The van der Waals surface area contributed by atoms with E-state index in [1.165, 1.54) is 11.1 Å². The Morgan fingerprint density at radius 3 is 2.60 bits per heavy atom. The molecule has 0 spiro atoms. The second kappa shape index (κ2) is 4.04. The van der Waals surface area contributed by atoms with Gasteiger partial charge in [-0.05, 0) is 29.7 Å². The zero-order valence-corrected chi connectivity index (χ0v) is 10.9. The molecule has 0 radical (unpaired) electrons. The topological polar surface area (TPSA) is 37.4 Å². The molecular weight excluding hydrogens is 250 g/mol. The fraction of sp³-hybridized carbons (Fsp3) is 0.176. The smallest absolute Gasteiger partial charge is 0.299 e. The van der Waals surface area contributed by atoms with Crippen molar-refractivity contribution in [1.29, 1.82) is 0 Å². The van der Waals surface area contributed by atoms with Gasteiger partial charge in [0.25, 0.3) is 11.7 Å². The first-order valence-corrected chi connectivity index (χ1v) is 6.79. The number of hydrogen-bond donors (Lipinski definition) is 0. The maximum absolute atomic E-state index is 12.1. The van der Waals surface area contributed by atoms with Crippen molar-refractivity contribution in [3.8, 4) is 0 Å². The van der Waals surface area contributed by atoms with Gasteiger partial charge in [-0.15, -0.1) is 0 Å². The number of para-hydroxylation sites is 1. The van der Waals surface area contributed by atoms with E-state index < -0.39 is 5.91 Å². The number of rotatable bonds is 2. The van der Waals surface area contributed by atoms with Gasteiger partial charge in [0, 0.05) is 12.5 Å². The molecule has 0 N–H and O–H groups in total. The lowest BCUT2D eigenvalue weighted by Crippen LogP contribution is -2.37. The van der Waals surface area contributed by atoms with Crippen LogP contribution in [0.3, 0.4) is 0 Å². The van der Waals surface area contributed by atoms with Crippen molar-refractivity contribution in [1.82, 2.24) is 0 Å². The van der Waals surface area contributed by atoms with Crippen LogP contribution in [0.15, 0.2) is 48.5 Å². The molecule has 0 saturated carbocycles. The van der Waals surface area contributed by atoms with E-state index in [0.717, 1.165) is 12.1 Å². The number of benzene rings is 2. The van der Waals surface area contributed by atoms with Crippen molar-refractivity contribution in [2.45, 2.75) is 12.3 Å². The van der Waals surface area contributed by atoms with Crippen LogP contribution in [-0.4, -0.2) is 18.2 Å². The van der Waals surface area contributed by atoms with E-state index in [9.17, 15) is 9.59 Å². The Morgan fingerprint density at radius 2 is 1.75 bits per heavy atom. The van der Waals surface area contributed by atoms with Gasteiger partial charge in [-0.2, -0.15) is 0 Å². The summed E-state index contributed by atoms with van der Waals surface area (Å²) in [6.45, 7) is 0.596. The first-order valence-electron chi connectivity index (χ1n) is 6.79. The minimum Gasteiger partial charge on any atom is -0.304 e. The van der Waals surface area contributed by atoms with Crippen LogP contribution in [0.2, 0.25) is 0 Å². The molecule has 2 aliphatic rings. The molecule has 1 atom stereocenters. The van der Waals surface area contributed by atoms with Crippen LogP contribution in [-0.2, 0) is 11.2 Å². The van der Waals surface area contributed by atoms with Crippen molar-refractivity contribution < 1.29 is 9.59 Å². The predicted molar refractivity (Wildman–Crippen MR) is 76.0 cm³/mol. The Labute approximate surface area is 116 Å². The summed E-state index contributed by atoms with van der Waals surface area (Å²) in [6.07, 6.45) is 0.982. The number of nitrogens with zero attached hydrogens (tertiary/aromatic N) is 1. The van der Waals surface area contributed by atoms with E-state index in [0.29, 0.717) is 18.0 Å². The second-order valence-corrected chi connectivity index (χ2v) is 5.36. The molecule has 4 rings (SSSR count). The van der Waals surface area contributed by atoms with Gasteiger partial charge in [0.1, 0.15) is 0 Å². The highest BCUT2D eigenvalue weighted by Gasteiger charge is 2.38. The molecule has 3 nitrogen and oxygen atoms in total. The largest absolute Gasteiger partial charge is 0.304 e. The van der Waals surface area contributed by atoms with Gasteiger partial charge in [-0.25, -0.2) is 0 Å². The third-order valence-electron chi connectivity index (χ3n) is 4.24. The molecule has 0 saturated heterocycles. The molecule has 1 heterocycles. The van der Waals surface area contributed by atoms with E-state index >= 15 is 0 Å². The average molecular weight is 263 g/mol. The predicted octanol–water partition coefficient (Wildman–Crippen LogP) is 2.56. The fourth-order valence-electron chi connectivity index (χ4n) is 3.18. The summed E-state index contributed by atoms with van der Waals surface area (Å²) >= 11 is 0. The highest BCUT2D eigenvalue weighted by molar-refractivity contribution is 6.52. The number of anilines is 1.